The highest BCUT2D eigenvalue weighted by atomic mass is 79.9. The van der Waals surface area contributed by atoms with Crippen LogP contribution >= 0.6 is 15.9 Å². The highest BCUT2D eigenvalue weighted by Gasteiger charge is 2.21. The van der Waals surface area contributed by atoms with Gasteiger partial charge in [0.05, 0.1) is 33.1 Å². The Kier molecular flexibility index (Phi) is 4.34. The van der Waals surface area contributed by atoms with E-state index in [4.69, 9.17) is 9.97 Å². The van der Waals surface area contributed by atoms with Crippen LogP contribution in [0.25, 0.3) is 66.6 Å². The van der Waals surface area contributed by atoms with Crippen LogP contribution in [0.3, 0.4) is 0 Å². The van der Waals surface area contributed by atoms with Gasteiger partial charge >= 0.3 is 0 Å². The highest BCUT2D eigenvalue weighted by Crippen LogP contribution is 2.39. The van der Waals surface area contributed by atoms with Crippen LogP contribution in [0.5, 0.6) is 0 Å². The van der Waals surface area contributed by atoms with Crippen molar-refractivity contribution in [3.63, 3.8) is 0 Å². The number of aromatic nitrogens is 4. The molecular formula is C32H19BrN4. The van der Waals surface area contributed by atoms with Gasteiger partial charge in [-0.15, -0.1) is 0 Å². The highest BCUT2D eigenvalue weighted by molar-refractivity contribution is 9.10. The van der Waals surface area contributed by atoms with Crippen LogP contribution in [0, 0.1) is 0 Å². The summed E-state index contributed by atoms with van der Waals surface area (Å²) in [5.41, 5.74) is 8.36. The third kappa shape index (κ3) is 2.89. The van der Waals surface area contributed by atoms with Gasteiger partial charge in [-0.05, 0) is 30.3 Å². The smallest absolute Gasteiger partial charge is 0.145 e. The first-order valence-electron chi connectivity index (χ1n) is 12.2. The maximum Gasteiger partial charge on any atom is 0.145 e. The molecule has 0 spiro atoms. The number of para-hydroxylation sites is 2. The van der Waals surface area contributed by atoms with Crippen molar-refractivity contribution in [2.24, 2.45) is 0 Å². The molecule has 0 atom stereocenters. The molecule has 37 heavy (non-hydrogen) atoms. The Morgan fingerprint density at radius 2 is 1.03 bits per heavy atom. The fourth-order valence-corrected chi connectivity index (χ4v) is 6.18. The molecule has 5 aromatic carbocycles. The van der Waals surface area contributed by atoms with Gasteiger partial charge in [0, 0.05) is 26.4 Å². The van der Waals surface area contributed by atoms with Gasteiger partial charge in [-0.1, -0.05) is 101 Å². The van der Waals surface area contributed by atoms with Crippen LogP contribution in [0.4, 0.5) is 0 Å². The molecule has 0 saturated carbocycles. The first kappa shape index (κ1) is 20.7. The van der Waals surface area contributed by atoms with Crippen molar-refractivity contribution in [1.29, 1.82) is 0 Å². The summed E-state index contributed by atoms with van der Waals surface area (Å²) < 4.78 is 5.67. The van der Waals surface area contributed by atoms with Crippen molar-refractivity contribution in [3.8, 4) is 22.8 Å². The number of benzene rings is 5. The van der Waals surface area contributed by atoms with E-state index in [0.717, 1.165) is 71.1 Å². The van der Waals surface area contributed by atoms with Gasteiger partial charge in [0.2, 0.25) is 0 Å². The van der Waals surface area contributed by atoms with Crippen molar-refractivity contribution >= 4 is 59.8 Å². The number of hydrogen-bond acceptors (Lipinski definition) is 2. The van der Waals surface area contributed by atoms with E-state index >= 15 is 0 Å². The summed E-state index contributed by atoms with van der Waals surface area (Å²) in [5.74, 6) is 1.83. The van der Waals surface area contributed by atoms with Gasteiger partial charge in [0.1, 0.15) is 11.6 Å². The molecule has 174 valence electrons. The molecule has 0 aliphatic rings. The van der Waals surface area contributed by atoms with E-state index in [-0.39, 0.29) is 0 Å². The van der Waals surface area contributed by atoms with Gasteiger partial charge in [0.15, 0.2) is 0 Å². The lowest BCUT2D eigenvalue weighted by Gasteiger charge is -2.12. The zero-order valence-electron chi connectivity index (χ0n) is 19.6. The second kappa shape index (κ2) is 7.76. The Bertz CT molecular complexity index is 2140. The second-order valence-electron chi connectivity index (χ2n) is 9.23. The molecule has 4 nitrogen and oxygen atoms in total. The lowest BCUT2D eigenvalue weighted by Crippen LogP contribution is -1.97. The third-order valence-corrected chi connectivity index (χ3v) is 7.80. The topological polar surface area (TPSA) is 34.6 Å². The largest absolute Gasteiger partial charge is 0.290 e. The van der Waals surface area contributed by atoms with Crippen molar-refractivity contribution in [2.75, 3.05) is 0 Å². The van der Waals surface area contributed by atoms with E-state index in [1.807, 2.05) is 12.1 Å². The maximum atomic E-state index is 5.19. The first-order chi connectivity index (χ1) is 18.3. The summed E-state index contributed by atoms with van der Waals surface area (Å²) in [7, 11) is 0. The Morgan fingerprint density at radius 3 is 1.70 bits per heavy atom. The van der Waals surface area contributed by atoms with Gasteiger partial charge in [-0.3, -0.25) is 8.80 Å². The van der Waals surface area contributed by atoms with Crippen LogP contribution in [0.1, 0.15) is 0 Å². The molecule has 0 N–H and O–H groups in total. The summed E-state index contributed by atoms with van der Waals surface area (Å²) in [6, 6.07) is 40.0. The quantitative estimate of drug-likeness (QED) is 0.221. The minimum atomic E-state index is 0.916. The number of fused-ring (bicyclic) bond motifs is 4. The van der Waals surface area contributed by atoms with Crippen LogP contribution in [-0.2, 0) is 0 Å². The number of halogens is 1. The van der Waals surface area contributed by atoms with Gasteiger partial charge in [0.25, 0.3) is 0 Å². The summed E-state index contributed by atoms with van der Waals surface area (Å²) in [6.07, 6.45) is 0. The van der Waals surface area contributed by atoms with Crippen molar-refractivity contribution in [3.05, 3.63) is 120 Å². The van der Waals surface area contributed by atoms with E-state index < -0.39 is 0 Å². The zero-order chi connectivity index (χ0) is 24.5. The summed E-state index contributed by atoms with van der Waals surface area (Å²) in [6.45, 7) is 0. The van der Waals surface area contributed by atoms with Gasteiger partial charge < -0.3 is 0 Å². The standard InChI is InChI=1S/C32H19BrN4/c33-23-15-8-18-26-28(23)22-14-7-16-24-29(22)37(32(34-24)21-12-5-2-6-13-21)27-19-9-17-25-30(27)36(26)31(35-25)20-10-3-1-4-11-20/h1-19H. The fourth-order valence-electron chi connectivity index (χ4n) is 5.61. The average molecular weight is 539 g/mol. The van der Waals surface area contributed by atoms with Crippen molar-refractivity contribution < 1.29 is 0 Å². The van der Waals surface area contributed by atoms with Crippen LogP contribution in [-0.4, -0.2) is 18.8 Å². The molecule has 0 bridgehead atoms. The molecule has 0 aliphatic heterocycles. The lowest BCUT2D eigenvalue weighted by molar-refractivity contribution is 1.20. The molecule has 5 heteroatoms. The average Bonchev–Trinajstić information content (AvgIpc) is 3.52. The number of nitrogens with zero attached hydrogens (tertiary/aromatic N) is 4. The fraction of sp³-hybridized carbons (Fsp3) is 0. The Labute approximate surface area is 220 Å². The van der Waals surface area contributed by atoms with E-state index in [9.17, 15) is 0 Å². The molecule has 8 rings (SSSR count). The van der Waals surface area contributed by atoms with Crippen molar-refractivity contribution in [2.45, 2.75) is 0 Å². The summed E-state index contributed by atoms with van der Waals surface area (Å²) >= 11 is 3.90. The minimum absolute atomic E-state index is 0.916. The maximum absolute atomic E-state index is 5.19. The predicted molar refractivity (Wildman–Crippen MR) is 155 cm³/mol. The number of imidazole rings is 2. The molecule has 0 unspecified atom stereocenters. The van der Waals surface area contributed by atoms with Crippen LogP contribution in [0.15, 0.2) is 120 Å². The first-order valence-corrected chi connectivity index (χ1v) is 13.0. The van der Waals surface area contributed by atoms with Crippen molar-refractivity contribution in [1.82, 2.24) is 18.8 Å². The lowest BCUT2D eigenvalue weighted by atomic mass is 10.1. The molecule has 8 aromatic rings. The van der Waals surface area contributed by atoms with E-state index in [1.54, 1.807) is 0 Å². The molecule has 0 saturated heterocycles. The van der Waals surface area contributed by atoms with Gasteiger partial charge in [-0.2, -0.15) is 0 Å². The third-order valence-electron chi connectivity index (χ3n) is 7.14. The molecular weight excluding hydrogens is 520 g/mol. The molecule has 0 radical (unpaired) electrons. The minimum Gasteiger partial charge on any atom is -0.290 e. The number of hydrogen-bond donors (Lipinski definition) is 0. The molecule has 0 amide bonds. The predicted octanol–water partition coefficient (Wildman–Crippen LogP) is 8.54. The monoisotopic (exact) mass is 538 g/mol. The van der Waals surface area contributed by atoms with E-state index in [2.05, 4.69) is 128 Å². The molecule has 3 heterocycles. The van der Waals surface area contributed by atoms with E-state index in [1.165, 1.54) is 0 Å². The van der Waals surface area contributed by atoms with Crippen LogP contribution < -0.4 is 0 Å². The molecule has 3 aromatic heterocycles. The summed E-state index contributed by atoms with van der Waals surface area (Å²) in [5, 5.41) is 2.25. The Hall–Kier alpha value is -4.48. The summed E-state index contributed by atoms with van der Waals surface area (Å²) in [4.78, 5) is 10.4. The van der Waals surface area contributed by atoms with Gasteiger partial charge in [-0.25, -0.2) is 9.97 Å². The van der Waals surface area contributed by atoms with E-state index in [0.29, 0.717) is 0 Å². The van der Waals surface area contributed by atoms with Crippen LogP contribution in [0.2, 0.25) is 0 Å². The second-order valence-corrected chi connectivity index (χ2v) is 10.1. The normalized spacial score (nSPS) is 11.9. The Morgan fingerprint density at radius 1 is 0.486 bits per heavy atom. The number of rotatable bonds is 2. The SMILES string of the molecule is Brc1cccc2c1c1cccc3nc(-c4ccccc4)n(c4cccc5nc(-c6ccccc6)n2c54)c31. The zero-order valence-corrected chi connectivity index (χ0v) is 21.2. The Balaban J connectivity index is 1.76. The molecule has 0 aliphatic carbocycles. The molecule has 0 fully saturated rings.